The van der Waals surface area contributed by atoms with Crippen LogP contribution >= 0.6 is 0 Å². The summed E-state index contributed by atoms with van der Waals surface area (Å²) >= 11 is 0. The van der Waals surface area contributed by atoms with Gasteiger partial charge in [0.15, 0.2) is 17.5 Å². The van der Waals surface area contributed by atoms with Crippen LogP contribution in [0.2, 0.25) is 0 Å². The van der Waals surface area contributed by atoms with Crippen molar-refractivity contribution >= 4 is 11.6 Å². The van der Waals surface area contributed by atoms with Gasteiger partial charge in [-0.1, -0.05) is 20.8 Å². The summed E-state index contributed by atoms with van der Waals surface area (Å²) in [5.74, 6) is -4.90. The Bertz CT molecular complexity index is 446. The first-order chi connectivity index (χ1) is 8.12. The number of halogens is 3. The van der Waals surface area contributed by atoms with Gasteiger partial charge in [0, 0.05) is 17.8 Å². The Hall–Kier alpha value is -1.56. The van der Waals surface area contributed by atoms with E-state index in [1.165, 1.54) is 0 Å². The van der Waals surface area contributed by atoms with Gasteiger partial charge in [0.05, 0.1) is 6.04 Å². The van der Waals surface area contributed by atoms with E-state index in [2.05, 4.69) is 5.32 Å². The summed E-state index contributed by atoms with van der Waals surface area (Å²) in [4.78, 5) is 11.7. The van der Waals surface area contributed by atoms with E-state index in [1.54, 1.807) is 20.8 Å². The molecule has 1 atom stereocenters. The molecule has 0 heterocycles. The molecule has 0 spiro atoms. The second-order valence-corrected chi connectivity index (χ2v) is 5.09. The van der Waals surface area contributed by atoms with Crippen molar-refractivity contribution in [3.05, 3.63) is 29.6 Å². The summed E-state index contributed by atoms with van der Waals surface area (Å²) in [6.07, 6.45) is 0. The highest BCUT2D eigenvalue weighted by atomic mass is 19.2. The van der Waals surface area contributed by atoms with Crippen molar-refractivity contribution < 1.29 is 18.0 Å². The predicted octanol–water partition coefficient (Wildman–Crippen LogP) is 2.42. The molecule has 1 rings (SSSR count). The number of benzene rings is 1. The number of hydrogen-bond donors (Lipinski definition) is 2. The van der Waals surface area contributed by atoms with Gasteiger partial charge in [-0.15, -0.1) is 0 Å². The van der Waals surface area contributed by atoms with Crippen LogP contribution in [0.15, 0.2) is 12.1 Å². The lowest BCUT2D eigenvalue weighted by atomic mass is 9.87. The molecule has 1 aromatic rings. The highest BCUT2D eigenvalue weighted by Crippen LogP contribution is 2.21. The number of rotatable bonds is 2. The molecule has 100 valence electrons. The SMILES string of the molecule is CC(C)(C)C(N)C(=O)Nc1cc(F)c(F)c(F)c1. The molecule has 1 amide bonds. The molecule has 18 heavy (non-hydrogen) atoms. The van der Waals surface area contributed by atoms with E-state index >= 15 is 0 Å². The van der Waals surface area contributed by atoms with Gasteiger partial charge in [0.25, 0.3) is 0 Å². The van der Waals surface area contributed by atoms with E-state index in [0.29, 0.717) is 12.1 Å². The molecule has 0 bridgehead atoms. The van der Waals surface area contributed by atoms with Crippen molar-refractivity contribution in [1.29, 1.82) is 0 Å². The fraction of sp³-hybridized carbons (Fsp3) is 0.417. The summed E-state index contributed by atoms with van der Waals surface area (Å²) < 4.78 is 38.6. The highest BCUT2D eigenvalue weighted by Gasteiger charge is 2.27. The molecule has 6 heteroatoms. The van der Waals surface area contributed by atoms with Gasteiger partial charge in [-0.3, -0.25) is 4.79 Å². The van der Waals surface area contributed by atoms with Crippen LogP contribution in [0.4, 0.5) is 18.9 Å². The maximum Gasteiger partial charge on any atom is 0.241 e. The summed E-state index contributed by atoms with van der Waals surface area (Å²) in [5, 5.41) is 2.25. The second kappa shape index (κ2) is 4.97. The minimum atomic E-state index is -1.58. The molecule has 1 unspecified atom stereocenters. The number of anilines is 1. The van der Waals surface area contributed by atoms with Gasteiger partial charge in [-0.2, -0.15) is 0 Å². The van der Waals surface area contributed by atoms with Gasteiger partial charge in [-0.25, -0.2) is 13.2 Å². The first kappa shape index (κ1) is 14.5. The topological polar surface area (TPSA) is 55.1 Å². The summed E-state index contributed by atoms with van der Waals surface area (Å²) in [5.41, 5.74) is 5.01. The third-order valence-electron chi connectivity index (χ3n) is 2.47. The fourth-order valence-corrected chi connectivity index (χ4v) is 1.24. The van der Waals surface area contributed by atoms with E-state index in [0.717, 1.165) is 0 Å². The average Bonchev–Trinajstić information content (AvgIpc) is 2.23. The van der Waals surface area contributed by atoms with Gasteiger partial charge in [-0.05, 0) is 5.41 Å². The Morgan fingerprint density at radius 3 is 2.06 bits per heavy atom. The fourth-order valence-electron chi connectivity index (χ4n) is 1.24. The molecule has 0 saturated heterocycles. The molecular weight excluding hydrogens is 245 g/mol. The molecule has 0 aliphatic rings. The van der Waals surface area contributed by atoms with Crippen LogP contribution in [-0.2, 0) is 4.79 Å². The molecule has 3 nitrogen and oxygen atoms in total. The standard InChI is InChI=1S/C12H15F3N2O/c1-12(2,3)10(16)11(18)17-6-4-7(13)9(15)8(14)5-6/h4-5,10H,16H2,1-3H3,(H,17,18). The van der Waals surface area contributed by atoms with E-state index in [9.17, 15) is 18.0 Å². The maximum absolute atomic E-state index is 12.9. The Kier molecular flexibility index (Phi) is 4.01. The lowest BCUT2D eigenvalue weighted by Gasteiger charge is -2.25. The monoisotopic (exact) mass is 260 g/mol. The number of carbonyl (C=O) groups excluding carboxylic acids is 1. The first-order valence-electron chi connectivity index (χ1n) is 5.34. The van der Waals surface area contributed by atoms with Gasteiger partial charge < -0.3 is 11.1 Å². The Morgan fingerprint density at radius 1 is 1.22 bits per heavy atom. The van der Waals surface area contributed by atoms with Gasteiger partial charge in [0.1, 0.15) is 0 Å². The van der Waals surface area contributed by atoms with Gasteiger partial charge in [0.2, 0.25) is 5.91 Å². The van der Waals surface area contributed by atoms with Crippen molar-refractivity contribution in [3.63, 3.8) is 0 Å². The van der Waals surface area contributed by atoms with Crippen LogP contribution in [0.3, 0.4) is 0 Å². The third kappa shape index (κ3) is 3.22. The molecule has 0 fully saturated rings. The van der Waals surface area contributed by atoms with Crippen LogP contribution in [0.5, 0.6) is 0 Å². The largest absolute Gasteiger partial charge is 0.325 e. The molecule has 3 N–H and O–H groups in total. The maximum atomic E-state index is 12.9. The van der Waals surface area contributed by atoms with Crippen LogP contribution in [0.1, 0.15) is 20.8 Å². The molecular formula is C12H15F3N2O. The molecule has 0 aromatic heterocycles. The number of hydrogen-bond acceptors (Lipinski definition) is 2. The first-order valence-corrected chi connectivity index (χ1v) is 5.34. The van der Waals surface area contributed by atoms with Crippen molar-refractivity contribution in [2.75, 3.05) is 5.32 Å². The zero-order valence-corrected chi connectivity index (χ0v) is 10.4. The number of amides is 1. The summed E-state index contributed by atoms with van der Waals surface area (Å²) in [6.45, 7) is 5.26. The lowest BCUT2D eigenvalue weighted by Crippen LogP contribution is -2.45. The molecule has 0 aliphatic carbocycles. The lowest BCUT2D eigenvalue weighted by molar-refractivity contribution is -0.119. The van der Waals surface area contributed by atoms with Gasteiger partial charge >= 0.3 is 0 Å². The van der Waals surface area contributed by atoms with Crippen molar-refractivity contribution in [1.82, 2.24) is 0 Å². The molecule has 0 aliphatic heterocycles. The second-order valence-electron chi connectivity index (χ2n) is 5.09. The minimum absolute atomic E-state index is 0.170. The zero-order chi connectivity index (χ0) is 14.1. The summed E-state index contributed by atoms with van der Waals surface area (Å²) in [7, 11) is 0. The van der Waals surface area contributed by atoms with Crippen LogP contribution in [-0.4, -0.2) is 11.9 Å². The van der Waals surface area contributed by atoms with E-state index in [4.69, 9.17) is 5.73 Å². The van der Waals surface area contributed by atoms with E-state index in [1.807, 2.05) is 0 Å². The van der Waals surface area contributed by atoms with Crippen LogP contribution < -0.4 is 11.1 Å². The molecule has 1 aromatic carbocycles. The van der Waals surface area contributed by atoms with E-state index < -0.39 is 34.8 Å². The van der Waals surface area contributed by atoms with Crippen LogP contribution in [0, 0.1) is 22.9 Å². The van der Waals surface area contributed by atoms with Crippen molar-refractivity contribution in [2.45, 2.75) is 26.8 Å². The molecule has 0 saturated carbocycles. The predicted molar refractivity (Wildman–Crippen MR) is 62.4 cm³/mol. The van der Waals surface area contributed by atoms with Crippen molar-refractivity contribution in [3.8, 4) is 0 Å². The highest BCUT2D eigenvalue weighted by molar-refractivity contribution is 5.95. The number of carbonyl (C=O) groups is 1. The third-order valence-corrected chi connectivity index (χ3v) is 2.47. The smallest absolute Gasteiger partial charge is 0.241 e. The molecule has 0 radical (unpaired) electrons. The number of nitrogens with one attached hydrogen (secondary N) is 1. The Balaban J connectivity index is 2.90. The average molecular weight is 260 g/mol. The summed E-state index contributed by atoms with van der Waals surface area (Å²) in [6, 6.07) is 0.547. The Labute approximate surface area is 103 Å². The quantitative estimate of drug-likeness (QED) is 0.802. The van der Waals surface area contributed by atoms with E-state index in [-0.39, 0.29) is 5.69 Å². The Morgan fingerprint density at radius 2 is 1.67 bits per heavy atom. The zero-order valence-electron chi connectivity index (χ0n) is 10.4. The normalized spacial score (nSPS) is 13.3. The minimum Gasteiger partial charge on any atom is -0.325 e. The number of nitrogens with two attached hydrogens (primary N) is 1. The van der Waals surface area contributed by atoms with Crippen molar-refractivity contribution in [2.24, 2.45) is 11.1 Å². The van der Waals surface area contributed by atoms with Crippen LogP contribution in [0.25, 0.3) is 0 Å².